The molecule has 2 aliphatic rings. The van der Waals surface area contributed by atoms with Crippen LogP contribution >= 0.6 is 0 Å². The van der Waals surface area contributed by atoms with Crippen molar-refractivity contribution in [3.8, 4) is 11.4 Å². The van der Waals surface area contributed by atoms with Gasteiger partial charge in [-0.1, -0.05) is 0 Å². The summed E-state index contributed by atoms with van der Waals surface area (Å²) in [5.74, 6) is 1.72. The number of piperidine rings is 1. The first-order chi connectivity index (χ1) is 14.6. The van der Waals surface area contributed by atoms with Gasteiger partial charge < -0.3 is 14.9 Å². The number of pyridine rings is 2. The number of fused-ring (bicyclic) bond motifs is 1. The van der Waals surface area contributed by atoms with Gasteiger partial charge in [0.25, 0.3) is 0 Å². The molecule has 7 nitrogen and oxygen atoms in total. The van der Waals surface area contributed by atoms with Crippen molar-refractivity contribution >= 4 is 16.7 Å². The van der Waals surface area contributed by atoms with E-state index >= 15 is 0 Å². The SMILES string of the molecule is C[C@@H](O)CN1CCC2(CCN(c3nc(-c4ccncc4)nc4cnccc34)CC2)C1. The Balaban J connectivity index is 1.41. The van der Waals surface area contributed by atoms with E-state index in [-0.39, 0.29) is 6.10 Å². The van der Waals surface area contributed by atoms with E-state index in [9.17, 15) is 5.11 Å². The molecule has 1 atom stereocenters. The van der Waals surface area contributed by atoms with Gasteiger partial charge in [-0.3, -0.25) is 9.97 Å². The van der Waals surface area contributed by atoms with Gasteiger partial charge in [0.15, 0.2) is 5.82 Å². The molecule has 0 amide bonds. The molecule has 5 rings (SSSR count). The molecule has 1 N–H and O–H groups in total. The molecule has 0 radical (unpaired) electrons. The number of anilines is 1. The van der Waals surface area contributed by atoms with Crippen molar-refractivity contribution in [2.45, 2.75) is 32.3 Å². The molecule has 1 spiro atoms. The van der Waals surface area contributed by atoms with Crippen molar-refractivity contribution in [2.75, 3.05) is 37.6 Å². The number of nitrogens with zero attached hydrogens (tertiary/aromatic N) is 6. The van der Waals surface area contributed by atoms with Crippen LogP contribution in [0.1, 0.15) is 26.2 Å². The number of likely N-dealkylation sites (tertiary alicyclic amines) is 1. The second kappa shape index (κ2) is 7.89. The second-order valence-electron chi connectivity index (χ2n) is 8.82. The average Bonchev–Trinajstić information content (AvgIpc) is 3.15. The monoisotopic (exact) mass is 404 g/mol. The Hall–Kier alpha value is -2.64. The lowest BCUT2D eigenvalue weighted by molar-refractivity contribution is 0.127. The number of hydrogen-bond acceptors (Lipinski definition) is 7. The second-order valence-corrected chi connectivity index (χ2v) is 8.82. The zero-order chi connectivity index (χ0) is 20.6. The minimum Gasteiger partial charge on any atom is -0.392 e. The van der Waals surface area contributed by atoms with Crippen LogP contribution in [0.25, 0.3) is 22.3 Å². The fraction of sp³-hybridized carbons (Fsp3) is 0.478. The number of aromatic nitrogens is 4. The van der Waals surface area contributed by atoms with Gasteiger partial charge in [0, 0.05) is 55.7 Å². The topological polar surface area (TPSA) is 78.3 Å². The number of aliphatic hydroxyl groups excluding tert-OH is 1. The molecule has 0 bridgehead atoms. The highest BCUT2D eigenvalue weighted by Gasteiger charge is 2.41. The Morgan fingerprint density at radius 2 is 1.73 bits per heavy atom. The Bertz CT molecular complexity index is 1020. The van der Waals surface area contributed by atoms with Crippen LogP contribution in [-0.2, 0) is 0 Å². The van der Waals surface area contributed by atoms with Crippen LogP contribution in [0.3, 0.4) is 0 Å². The van der Waals surface area contributed by atoms with Crippen LogP contribution < -0.4 is 4.90 Å². The zero-order valence-corrected chi connectivity index (χ0v) is 17.4. The smallest absolute Gasteiger partial charge is 0.162 e. The molecule has 7 heteroatoms. The fourth-order valence-corrected chi connectivity index (χ4v) is 4.99. The van der Waals surface area contributed by atoms with Crippen LogP contribution in [-0.4, -0.2) is 68.8 Å². The summed E-state index contributed by atoms with van der Waals surface area (Å²) in [7, 11) is 0. The Kier molecular flexibility index (Phi) is 5.08. The van der Waals surface area contributed by atoms with E-state index in [1.165, 1.54) is 6.42 Å². The minimum absolute atomic E-state index is 0.257. The van der Waals surface area contributed by atoms with E-state index < -0.39 is 0 Å². The highest BCUT2D eigenvalue weighted by Crippen LogP contribution is 2.42. The minimum atomic E-state index is -0.257. The summed E-state index contributed by atoms with van der Waals surface area (Å²) in [6.45, 7) is 6.84. The third-order valence-corrected chi connectivity index (χ3v) is 6.58. The Morgan fingerprint density at radius 3 is 2.50 bits per heavy atom. The van der Waals surface area contributed by atoms with E-state index in [0.29, 0.717) is 5.41 Å². The number of rotatable bonds is 4. The summed E-state index contributed by atoms with van der Waals surface area (Å²) in [5.41, 5.74) is 2.22. The molecule has 0 saturated carbocycles. The van der Waals surface area contributed by atoms with Crippen molar-refractivity contribution in [2.24, 2.45) is 5.41 Å². The highest BCUT2D eigenvalue weighted by atomic mass is 16.3. The molecular weight excluding hydrogens is 376 g/mol. The first-order valence-corrected chi connectivity index (χ1v) is 10.8. The van der Waals surface area contributed by atoms with Crippen molar-refractivity contribution in [3.63, 3.8) is 0 Å². The van der Waals surface area contributed by atoms with Crippen LogP contribution in [0, 0.1) is 5.41 Å². The third kappa shape index (κ3) is 3.75. The zero-order valence-electron chi connectivity index (χ0n) is 17.4. The lowest BCUT2D eigenvalue weighted by Crippen LogP contribution is -2.42. The summed E-state index contributed by atoms with van der Waals surface area (Å²) in [6, 6.07) is 5.91. The number of β-amino-alcohol motifs (C(OH)–C–C–N with tert-alkyl or cyclic N) is 1. The molecule has 156 valence electrons. The van der Waals surface area contributed by atoms with Gasteiger partial charge in [-0.15, -0.1) is 0 Å². The van der Waals surface area contributed by atoms with Crippen LogP contribution in [0.4, 0.5) is 5.82 Å². The Labute approximate surface area is 176 Å². The molecule has 2 aliphatic heterocycles. The normalized spacial score (nSPS) is 20.1. The van der Waals surface area contributed by atoms with Gasteiger partial charge in [-0.05, 0) is 56.3 Å². The Morgan fingerprint density at radius 1 is 1.00 bits per heavy atom. The van der Waals surface area contributed by atoms with Gasteiger partial charge in [-0.25, -0.2) is 9.97 Å². The van der Waals surface area contributed by atoms with E-state index in [1.807, 2.05) is 37.5 Å². The molecule has 0 aliphatic carbocycles. The molecule has 2 saturated heterocycles. The van der Waals surface area contributed by atoms with Gasteiger partial charge in [-0.2, -0.15) is 0 Å². The van der Waals surface area contributed by atoms with Gasteiger partial charge in [0.05, 0.1) is 17.8 Å². The van der Waals surface area contributed by atoms with Crippen molar-refractivity contribution in [1.29, 1.82) is 0 Å². The van der Waals surface area contributed by atoms with Gasteiger partial charge >= 0.3 is 0 Å². The lowest BCUT2D eigenvalue weighted by Gasteiger charge is -2.40. The summed E-state index contributed by atoms with van der Waals surface area (Å²) >= 11 is 0. The molecular formula is C23H28N6O. The summed E-state index contributed by atoms with van der Waals surface area (Å²) < 4.78 is 0. The fourth-order valence-electron chi connectivity index (χ4n) is 4.99. The van der Waals surface area contributed by atoms with Gasteiger partial charge in [0.2, 0.25) is 0 Å². The molecule has 5 heterocycles. The summed E-state index contributed by atoms with van der Waals surface area (Å²) in [6.07, 6.45) is 10.5. The summed E-state index contributed by atoms with van der Waals surface area (Å²) in [4.78, 5) is 23.0. The van der Waals surface area contributed by atoms with E-state index in [1.54, 1.807) is 12.4 Å². The van der Waals surface area contributed by atoms with Crippen molar-refractivity contribution in [1.82, 2.24) is 24.8 Å². The average molecular weight is 405 g/mol. The molecule has 3 aromatic heterocycles. The first-order valence-electron chi connectivity index (χ1n) is 10.8. The van der Waals surface area contributed by atoms with E-state index in [2.05, 4.69) is 19.8 Å². The van der Waals surface area contributed by atoms with Crippen molar-refractivity contribution < 1.29 is 5.11 Å². The van der Waals surface area contributed by atoms with E-state index in [4.69, 9.17) is 9.97 Å². The van der Waals surface area contributed by atoms with Crippen LogP contribution in [0.2, 0.25) is 0 Å². The number of aliphatic hydroxyl groups is 1. The maximum atomic E-state index is 9.74. The van der Waals surface area contributed by atoms with Crippen LogP contribution in [0.5, 0.6) is 0 Å². The molecule has 30 heavy (non-hydrogen) atoms. The predicted molar refractivity (Wildman–Crippen MR) is 117 cm³/mol. The maximum Gasteiger partial charge on any atom is 0.162 e. The lowest BCUT2D eigenvalue weighted by atomic mass is 9.77. The number of hydrogen-bond donors (Lipinski definition) is 1. The van der Waals surface area contributed by atoms with E-state index in [0.717, 1.165) is 73.7 Å². The molecule has 0 aromatic carbocycles. The molecule has 0 unspecified atom stereocenters. The maximum absolute atomic E-state index is 9.74. The predicted octanol–water partition coefficient (Wildman–Crippen LogP) is 2.76. The van der Waals surface area contributed by atoms with Crippen LogP contribution in [0.15, 0.2) is 43.0 Å². The largest absolute Gasteiger partial charge is 0.392 e. The summed E-state index contributed by atoms with van der Waals surface area (Å²) in [5, 5.41) is 10.8. The molecule has 3 aromatic rings. The van der Waals surface area contributed by atoms with Gasteiger partial charge in [0.1, 0.15) is 5.82 Å². The standard InChI is InChI=1S/C23H28N6O/c1-17(30)15-28-11-5-23(16-28)6-12-29(13-7-23)22-19-4-10-25-14-20(19)26-21(27-22)18-2-8-24-9-3-18/h2-4,8-10,14,17,30H,5-7,11-13,15-16H2,1H3/t17-/m1/s1. The first kappa shape index (κ1) is 19.3. The van der Waals surface area contributed by atoms with Crippen molar-refractivity contribution in [3.05, 3.63) is 43.0 Å². The highest BCUT2D eigenvalue weighted by molar-refractivity contribution is 5.90. The molecule has 2 fully saturated rings. The quantitative estimate of drug-likeness (QED) is 0.716. The third-order valence-electron chi connectivity index (χ3n) is 6.58.